The summed E-state index contributed by atoms with van der Waals surface area (Å²) in [4.78, 5) is 7.74. The first kappa shape index (κ1) is 10.3. The molecule has 0 spiro atoms. The molecule has 0 aliphatic heterocycles. The molecule has 2 aromatic rings. The summed E-state index contributed by atoms with van der Waals surface area (Å²) in [5.74, 6) is 0.741. The number of rotatable bonds is 1. The Bertz CT molecular complexity index is 498. The molecular weight excluding hydrogens is 264 g/mol. The Hall–Kier alpha value is -0.830. The summed E-state index contributed by atoms with van der Waals surface area (Å²) in [7, 11) is 0. The van der Waals surface area contributed by atoms with Gasteiger partial charge in [0.05, 0.1) is 0 Å². The first-order valence-corrected chi connectivity index (χ1v) is 6.77. The van der Waals surface area contributed by atoms with E-state index in [1.54, 1.807) is 0 Å². The van der Waals surface area contributed by atoms with Gasteiger partial charge in [0.25, 0.3) is 0 Å². The van der Waals surface area contributed by atoms with Gasteiger partial charge >= 0.3 is 0 Å². The Balaban J connectivity index is 2.03. The lowest BCUT2D eigenvalue weighted by atomic mass is 9.84. The van der Waals surface area contributed by atoms with E-state index in [1.807, 2.05) is 6.07 Å². The van der Waals surface area contributed by atoms with Crippen molar-refractivity contribution < 1.29 is 0 Å². The van der Waals surface area contributed by atoms with Gasteiger partial charge in [-0.3, -0.25) is 0 Å². The van der Waals surface area contributed by atoms with Crippen LogP contribution < -0.4 is 0 Å². The normalized spacial score (nSPS) is 18.1. The number of halogens is 1. The number of pyridine rings is 1. The molecule has 1 fully saturated rings. The Morgan fingerprint density at radius 2 is 2.00 bits per heavy atom. The molecule has 1 saturated carbocycles. The zero-order valence-electron chi connectivity index (χ0n) is 9.17. The third-order valence-corrected chi connectivity index (χ3v) is 4.02. The molecule has 2 heterocycles. The Morgan fingerprint density at radius 3 is 2.81 bits per heavy atom. The van der Waals surface area contributed by atoms with E-state index in [0.29, 0.717) is 0 Å². The molecule has 84 valence electrons. The highest BCUT2D eigenvalue weighted by molar-refractivity contribution is 9.10. The van der Waals surface area contributed by atoms with Crippen molar-refractivity contribution in [3.8, 4) is 0 Å². The summed E-state index contributed by atoms with van der Waals surface area (Å²) in [6.45, 7) is 0. The molecule has 0 saturated heterocycles. The minimum atomic E-state index is 0.741. The Kier molecular flexibility index (Phi) is 2.72. The van der Waals surface area contributed by atoms with Crippen LogP contribution in [0.3, 0.4) is 0 Å². The van der Waals surface area contributed by atoms with Crippen LogP contribution in [0.25, 0.3) is 11.0 Å². The first-order chi connectivity index (χ1) is 7.84. The van der Waals surface area contributed by atoms with Gasteiger partial charge < -0.3 is 4.98 Å². The minimum Gasteiger partial charge on any atom is -0.346 e. The maximum Gasteiger partial charge on any atom is 0.138 e. The highest BCUT2D eigenvalue weighted by atomic mass is 79.9. The highest BCUT2D eigenvalue weighted by Gasteiger charge is 2.18. The van der Waals surface area contributed by atoms with E-state index in [4.69, 9.17) is 0 Å². The maximum absolute atomic E-state index is 4.45. The van der Waals surface area contributed by atoms with Crippen LogP contribution in [0.1, 0.15) is 43.6 Å². The van der Waals surface area contributed by atoms with Crippen molar-refractivity contribution in [3.63, 3.8) is 0 Å². The molecule has 1 aliphatic rings. The molecule has 0 aromatic carbocycles. The van der Waals surface area contributed by atoms with Crippen LogP contribution in [-0.4, -0.2) is 9.97 Å². The average Bonchev–Trinajstić information content (AvgIpc) is 2.73. The van der Waals surface area contributed by atoms with Crippen molar-refractivity contribution in [2.75, 3.05) is 0 Å². The lowest BCUT2D eigenvalue weighted by molar-refractivity contribution is 0.445. The van der Waals surface area contributed by atoms with E-state index in [0.717, 1.165) is 16.2 Å². The number of hydrogen-bond acceptors (Lipinski definition) is 1. The van der Waals surface area contributed by atoms with Gasteiger partial charge in [-0.15, -0.1) is 0 Å². The zero-order valence-corrected chi connectivity index (χ0v) is 10.8. The molecule has 3 heteroatoms. The minimum absolute atomic E-state index is 0.741. The van der Waals surface area contributed by atoms with Gasteiger partial charge in [0.2, 0.25) is 0 Å². The largest absolute Gasteiger partial charge is 0.346 e. The number of nitrogens with zero attached hydrogens (tertiary/aromatic N) is 1. The Morgan fingerprint density at radius 1 is 1.19 bits per heavy atom. The molecule has 2 nitrogen and oxygen atoms in total. The molecule has 0 atom stereocenters. The molecule has 0 bridgehead atoms. The molecule has 16 heavy (non-hydrogen) atoms. The van der Waals surface area contributed by atoms with Gasteiger partial charge in [-0.1, -0.05) is 19.3 Å². The number of aromatic amines is 1. The van der Waals surface area contributed by atoms with Crippen molar-refractivity contribution in [2.45, 2.75) is 38.0 Å². The van der Waals surface area contributed by atoms with Crippen LogP contribution in [0.15, 0.2) is 22.9 Å². The predicted molar refractivity (Wildman–Crippen MR) is 69.6 cm³/mol. The molecule has 1 N–H and O–H groups in total. The standard InChI is InChI=1S/C13H15BrN2/c14-12-7-6-10-11(8-15-13(10)16-12)9-4-2-1-3-5-9/h6-9H,1-5H2,(H,15,16). The summed E-state index contributed by atoms with van der Waals surface area (Å²) in [6, 6.07) is 4.20. The molecule has 1 aliphatic carbocycles. The van der Waals surface area contributed by atoms with Gasteiger partial charge in [-0.2, -0.15) is 0 Å². The van der Waals surface area contributed by atoms with Crippen LogP contribution >= 0.6 is 15.9 Å². The van der Waals surface area contributed by atoms with E-state index < -0.39 is 0 Å². The SMILES string of the molecule is Brc1ccc2c(C3CCCCC3)c[nH]c2n1. The predicted octanol–water partition coefficient (Wildman–Crippen LogP) is 4.37. The van der Waals surface area contributed by atoms with Crippen LogP contribution in [0, 0.1) is 0 Å². The fraction of sp³-hybridized carbons (Fsp3) is 0.462. The number of fused-ring (bicyclic) bond motifs is 1. The van der Waals surface area contributed by atoms with Crippen molar-refractivity contribution in [1.82, 2.24) is 9.97 Å². The Labute approximate surface area is 104 Å². The fourth-order valence-corrected chi connectivity index (χ4v) is 3.06. The van der Waals surface area contributed by atoms with E-state index in [-0.39, 0.29) is 0 Å². The number of hydrogen-bond donors (Lipinski definition) is 1. The van der Waals surface area contributed by atoms with Crippen molar-refractivity contribution >= 4 is 27.0 Å². The van der Waals surface area contributed by atoms with Gasteiger partial charge in [0.1, 0.15) is 10.3 Å². The third kappa shape index (κ3) is 1.77. The molecule has 0 unspecified atom stereocenters. The van der Waals surface area contributed by atoms with Gasteiger partial charge in [-0.25, -0.2) is 4.98 Å². The molecule has 3 rings (SSSR count). The van der Waals surface area contributed by atoms with Gasteiger partial charge in [0, 0.05) is 11.6 Å². The lowest BCUT2D eigenvalue weighted by Gasteiger charge is -2.20. The lowest BCUT2D eigenvalue weighted by Crippen LogP contribution is -2.03. The zero-order chi connectivity index (χ0) is 11.0. The van der Waals surface area contributed by atoms with E-state index in [9.17, 15) is 0 Å². The first-order valence-electron chi connectivity index (χ1n) is 5.98. The van der Waals surface area contributed by atoms with E-state index >= 15 is 0 Å². The van der Waals surface area contributed by atoms with Crippen LogP contribution in [0.5, 0.6) is 0 Å². The second kappa shape index (κ2) is 4.21. The molecule has 0 radical (unpaired) electrons. The van der Waals surface area contributed by atoms with Crippen LogP contribution in [0.4, 0.5) is 0 Å². The molecule has 2 aromatic heterocycles. The fourth-order valence-electron chi connectivity index (χ4n) is 2.75. The van der Waals surface area contributed by atoms with Gasteiger partial charge in [0.15, 0.2) is 0 Å². The number of nitrogens with one attached hydrogen (secondary N) is 1. The third-order valence-electron chi connectivity index (χ3n) is 3.58. The van der Waals surface area contributed by atoms with Crippen LogP contribution in [-0.2, 0) is 0 Å². The second-order valence-electron chi connectivity index (χ2n) is 4.61. The number of H-pyrrole nitrogens is 1. The average molecular weight is 279 g/mol. The van der Waals surface area contributed by atoms with Crippen LogP contribution in [0.2, 0.25) is 0 Å². The van der Waals surface area contributed by atoms with Gasteiger partial charge in [-0.05, 0) is 52.4 Å². The smallest absolute Gasteiger partial charge is 0.138 e. The topological polar surface area (TPSA) is 28.7 Å². The van der Waals surface area contributed by atoms with E-state index in [2.05, 4.69) is 38.2 Å². The molecular formula is C13H15BrN2. The summed E-state index contributed by atoms with van der Waals surface area (Å²) in [6.07, 6.45) is 8.98. The number of aromatic nitrogens is 2. The maximum atomic E-state index is 4.45. The molecule has 0 amide bonds. The monoisotopic (exact) mass is 278 g/mol. The highest BCUT2D eigenvalue weighted by Crippen LogP contribution is 2.36. The summed E-state index contributed by atoms with van der Waals surface area (Å²) in [5, 5.41) is 1.30. The van der Waals surface area contributed by atoms with E-state index in [1.165, 1.54) is 43.1 Å². The van der Waals surface area contributed by atoms with Crippen molar-refractivity contribution in [1.29, 1.82) is 0 Å². The second-order valence-corrected chi connectivity index (χ2v) is 5.42. The van der Waals surface area contributed by atoms with Crippen molar-refractivity contribution in [2.24, 2.45) is 0 Å². The quantitative estimate of drug-likeness (QED) is 0.771. The summed E-state index contributed by atoms with van der Waals surface area (Å²) in [5.41, 5.74) is 2.48. The van der Waals surface area contributed by atoms with Crippen molar-refractivity contribution in [3.05, 3.63) is 28.5 Å². The summed E-state index contributed by atoms with van der Waals surface area (Å²) >= 11 is 3.41. The summed E-state index contributed by atoms with van der Waals surface area (Å²) < 4.78 is 0.900.